The van der Waals surface area contributed by atoms with Gasteiger partial charge in [0.05, 0.1) is 5.75 Å². The predicted octanol–water partition coefficient (Wildman–Crippen LogP) is -0.779. The first-order valence-electron chi connectivity index (χ1n) is 7.56. The van der Waals surface area contributed by atoms with Gasteiger partial charge in [0.2, 0.25) is 5.91 Å². The minimum absolute atomic E-state index is 0.0465. The summed E-state index contributed by atoms with van der Waals surface area (Å²) in [7, 11) is -3.73. The minimum Gasteiger partial charge on any atom is -0.480 e. The second-order valence-electron chi connectivity index (χ2n) is 5.69. The van der Waals surface area contributed by atoms with Crippen LogP contribution in [0.1, 0.15) is 15.9 Å². The lowest BCUT2D eigenvalue weighted by Gasteiger charge is -2.30. The maximum absolute atomic E-state index is 12.1. The van der Waals surface area contributed by atoms with Crippen LogP contribution in [0.25, 0.3) is 0 Å². The molecule has 1 fully saturated rings. The number of hydrogen-bond acceptors (Lipinski definition) is 5. The van der Waals surface area contributed by atoms with E-state index in [-0.39, 0.29) is 25.4 Å². The third kappa shape index (κ3) is 4.69. The quantitative estimate of drug-likeness (QED) is 0.620. The van der Waals surface area contributed by atoms with Gasteiger partial charge in [0.15, 0.2) is 15.1 Å². The number of carbonyl (C=O) groups is 3. The first-order valence-corrected chi connectivity index (χ1v) is 9.28. The summed E-state index contributed by atoms with van der Waals surface area (Å²) < 4.78 is 23.4. The standard InChI is InChI=1S/C15H19N3O6S/c16-13(19)11-3-1-2-10(8-11)4-5-17-15(22)18-6-7-25(23,24)12(9-18)14(20)21/h1-3,8,12H,4-7,9H2,(H2,16,19)(H,17,22)(H,20,21). The average Bonchev–Trinajstić information content (AvgIpc) is 2.54. The van der Waals surface area contributed by atoms with Crippen LogP contribution in [0.3, 0.4) is 0 Å². The average molecular weight is 369 g/mol. The molecule has 3 amide bonds. The van der Waals surface area contributed by atoms with E-state index in [9.17, 15) is 22.8 Å². The third-order valence-corrected chi connectivity index (χ3v) is 5.90. The Hall–Kier alpha value is -2.62. The molecule has 0 radical (unpaired) electrons. The van der Waals surface area contributed by atoms with Crippen LogP contribution < -0.4 is 11.1 Å². The van der Waals surface area contributed by atoms with Crippen molar-refractivity contribution in [3.8, 4) is 0 Å². The van der Waals surface area contributed by atoms with Gasteiger partial charge in [0.1, 0.15) is 0 Å². The predicted molar refractivity (Wildman–Crippen MR) is 88.8 cm³/mol. The van der Waals surface area contributed by atoms with E-state index in [0.717, 1.165) is 5.56 Å². The molecule has 0 saturated carbocycles. The number of sulfone groups is 1. The van der Waals surface area contributed by atoms with Crippen molar-refractivity contribution < 1.29 is 27.9 Å². The molecule has 2 rings (SSSR count). The molecule has 136 valence electrons. The summed E-state index contributed by atoms with van der Waals surface area (Å²) in [5.41, 5.74) is 6.38. The number of carboxylic acid groups (broad SMARTS) is 1. The number of carboxylic acids is 1. The molecular weight excluding hydrogens is 350 g/mol. The van der Waals surface area contributed by atoms with Crippen molar-refractivity contribution in [2.24, 2.45) is 5.73 Å². The summed E-state index contributed by atoms with van der Waals surface area (Å²) in [5, 5.41) is 10.0. The lowest BCUT2D eigenvalue weighted by molar-refractivity contribution is -0.136. The highest BCUT2D eigenvalue weighted by Crippen LogP contribution is 2.13. The monoisotopic (exact) mass is 369 g/mol. The number of carbonyl (C=O) groups excluding carboxylic acids is 2. The summed E-state index contributed by atoms with van der Waals surface area (Å²) in [6.45, 7) is -0.169. The van der Waals surface area contributed by atoms with Crippen LogP contribution in [0.5, 0.6) is 0 Å². The van der Waals surface area contributed by atoms with Crippen molar-refractivity contribution in [3.05, 3.63) is 35.4 Å². The van der Waals surface area contributed by atoms with Crippen LogP contribution in [0, 0.1) is 0 Å². The van der Waals surface area contributed by atoms with Gasteiger partial charge < -0.3 is 21.1 Å². The number of primary amides is 1. The van der Waals surface area contributed by atoms with E-state index in [1.807, 2.05) is 0 Å². The van der Waals surface area contributed by atoms with Crippen LogP contribution in [0.4, 0.5) is 4.79 Å². The van der Waals surface area contributed by atoms with Gasteiger partial charge in [0, 0.05) is 25.2 Å². The molecule has 1 atom stereocenters. The van der Waals surface area contributed by atoms with E-state index in [0.29, 0.717) is 12.0 Å². The number of nitrogens with zero attached hydrogens (tertiary/aromatic N) is 1. The summed E-state index contributed by atoms with van der Waals surface area (Å²) >= 11 is 0. The third-order valence-electron chi connectivity index (χ3n) is 3.93. The number of nitrogens with one attached hydrogen (secondary N) is 1. The Labute approximate surface area is 144 Å². The van der Waals surface area contributed by atoms with Gasteiger partial charge >= 0.3 is 12.0 Å². The fraction of sp³-hybridized carbons (Fsp3) is 0.400. The number of urea groups is 1. The zero-order valence-corrected chi connectivity index (χ0v) is 14.2. The Bertz CT molecular complexity index is 792. The molecule has 1 heterocycles. The van der Waals surface area contributed by atoms with Gasteiger partial charge in [-0.15, -0.1) is 0 Å². The molecule has 0 spiro atoms. The van der Waals surface area contributed by atoms with Crippen molar-refractivity contribution >= 4 is 27.7 Å². The van der Waals surface area contributed by atoms with Crippen molar-refractivity contribution in [2.45, 2.75) is 11.7 Å². The van der Waals surface area contributed by atoms with E-state index in [2.05, 4.69) is 5.32 Å². The molecule has 0 aliphatic carbocycles. The van der Waals surface area contributed by atoms with E-state index in [4.69, 9.17) is 10.8 Å². The molecule has 4 N–H and O–H groups in total. The molecule has 1 aliphatic rings. The Kier molecular flexibility index (Phi) is 5.62. The highest BCUT2D eigenvalue weighted by atomic mass is 32.2. The van der Waals surface area contributed by atoms with Gasteiger partial charge in [-0.1, -0.05) is 12.1 Å². The molecule has 1 aromatic carbocycles. The Balaban J connectivity index is 1.89. The number of benzene rings is 1. The van der Waals surface area contributed by atoms with Crippen LogP contribution >= 0.6 is 0 Å². The van der Waals surface area contributed by atoms with Gasteiger partial charge in [-0.2, -0.15) is 0 Å². The molecule has 9 nitrogen and oxygen atoms in total. The SMILES string of the molecule is NC(=O)c1cccc(CCNC(=O)N2CCS(=O)(=O)C(C(=O)O)C2)c1. The topological polar surface area (TPSA) is 147 Å². The first-order chi connectivity index (χ1) is 11.7. The number of nitrogens with two attached hydrogens (primary N) is 1. The summed E-state index contributed by atoms with van der Waals surface area (Å²) in [4.78, 5) is 35.5. The fourth-order valence-corrected chi connectivity index (χ4v) is 3.98. The first kappa shape index (κ1) is 18.7. The maximum Gasteiger partial charge on any atom is 0.323 e. The largest absolute Gasteiger partial charge is 0.480 e. The number of aliphatic carboxylic acids is 1. The van der Waals surface area contributed by atoms with Gasteiger partial charge in [-0.25, -0.2) is 13.2 Å². The molecule has 10 heteroatoms. The number of amides is 3. The zero-order chi connectivity index (χ0) is 18.6. The van der Waals surface area contributed by atoms with Crippen LogP contribution in [0.15, 0.2) is 24.3 Å². The highest BCUT2D eigenvalue weighted by molar-refractivity contribution is 7.92. The fourth-order valence-electron chi connectivity index (χ4n) is 2.51. The molecule has 1 saturated heterocycles. The van der Waals surface area contributed by atoms with Crippen LogP contribution in [-0.4, -0.2) is 67.0 Å². The Morgan fingerprint density at radius 3 is 2.68 bits per heavy atom. The molecule has 1 aromatic rings. The maximum atomic E-state index is 12.1. The van der Waals surface area contributed by atoms with E-state index in [1.165, 1.54) is 4.90 Å². The van der Waals surface area contributed by atoms with Crippen LogP contribution in [0.2, 0.25) is 0 Å². The summed E-state index contributed by atoms with van der Waals surface area (Å²) in [6, 6.07) is 6.16. The van der Waals surface area contributed by atoms with Gasteiger partial charge in [-0.3, -0.25) is 9.59 Å². The Morgan fingerprint density at radius 2 is 2.04 bits per heavy atom. The molecule has 0 aromatic heterocycles. The number of hydrogen-bond donors (Lipinski definition) is 3. The van der Waals surface area contributed by atoms with Gasteiger partial charge in [0.25, 0.3) is 0 Å². The summed E-state index contributed by atoms with van der Waals surface area (Å²) in [6.07, 6.45) is 0.446. The molecule has 25 heavy (non-hydrogen) atoms. The van der Waals surface area contributed by atoms with Crippen molar-refractivity contribution in [1.29, 1.82) is 0 Å². The molecule has 0 bridgehead atoms. The van der Waals surface area contributed by atoms with E-state index >= 15 is 0 Å². The lowest BCUT2D eigenvalue weighted by atomic mass is 10.1. The van der Waals surface area contributed by atoms with Crippen LogP contribution in [-0.2, 0) is 21.1 Å². The van der Waals surface area contributed by atoms with Gasteiger partial charge in [-0.05, 0) is 24.1 Å². The second-order valence-corrected chi connectivity index (χ2v) is 7.99. The zero-order valence-electron chi connectivity index (χ0n) is 13.3. The molecule has 1 unspecified atom stereocenters. The molecule has 1 aliphatic heterocycles. The minimum atomic E-state index is -3.73. The normalized spacial score (nSPS) is 19.2. The summed E-state index contributed by atoms with van der Waals surface area (Å²) in [5.74, 6) is -2.38. The Morgan fingerprint density at radius 1 is 1.32 bits per heavy atom. The van der Waals surface area contributed by atoms with Crippen molar-refractivity contribution in [3.63, 3.8) is 0 Å². The lowest BCUT2D eigenvalue weighted by Crippen LogP contribution is -2.54. The van der Waals surface area contributed by atoms with Crippen molar-refractivity contribution in [1.82, 2.24) is 10.2 Å². The van der Waals surface area contributed by atoms with E-state index in [1.54, 1.807) is 24.3 Å². The second kappa shape index (κ2) is 7.51. The number of rotatable bonds is 5. The highest BCUT2D eigenvalue weighted by Gasteiger charge is 2.39. The molecular formula is C15H19N3O6S. The van der Waals surface area contributed by atoms with Crippen molar-refractivity contribution in [2.75, 3.05) is 25.4 Å². The van der Waals surface area contributed by atoms with E-state index < -0.39 is 33.0 Å². The smallest absolute Gasteiger partial charge is 0.323 e.